The SMILES string of the molecule is CC(=O)C1CCC(n2cc(NC(=O)c3coc(-c4ccnc(N(CC5CC5)C(=O)OC(C)(C)C)c4)n3)c(C(F)F)n2)CC1.CC(C)(C)OC(=O)N(CC1CC1)c1cc(-c2nc(C(=O)Nc3cn(C4CCC(C(=O)O)CC4)nc3C(F)F)co2)ccn1.O.P.[Li+].[OH-].[V]. The topological polar surface area (TPSA) is 347 Å². The molecule has 0 saturated heterocycles. The van der Waals surface area contributed by atoms with Crippen LogP contribution in [-0.4, -0.2) is 116 Å². The Hall–Kier alpha value is -6.99. The van der Waals surface area contributed by atoms with Crippen molar-refractivity contribution in [3.8, 4) is 22.9 Å². The number of aliphatic carboxylic acids is 1. The Morgan fingerprint density at radius 2 is 1.00 bits per heavy atom. The molecule has 6 aromatic rings. The monoisotopic (exact) mass is 1330 g/mol. The van der Waals surface area contributed by atoms with Crippen LogP contribution in [0.25, 0.3) is 22.9 Å². The van der Waals surface area contributed by atoms with Gasteiger partial charge < -0.3 is 45.0 Å². The van der Waals surface area contributed by atoms with Gasteiger partial charge in [0.2, 0.25) is 11.8 Å². The number of anilines is 4. The molecule has 1 unspecified atom stereocenters. The number of rotatable bonds is 18. The summed E-state index contributed by atoms with van der Waals surface area (Å²) in [5.41, 5.74) is -2.13. The van der Waals surface area contributed by atoms with Gasteiger partial charge in [0.05, 0.1) is 29.4 Å². The quantitative estimate of drug-likeness (QED) is 0.0411. The third kappa shape index (κ3) is 20.5. The predicted octanol–water partition coefficient (Wildman–Crippen LogP) is 8.74. The van der Waals surface area contributed by atoms with Gasteiger partial charge in [-0.3, -0.25) is 38.3 Å². The summed E-state index contributed by atoms with van der Waals surface area (Å²) in [5, 5.41) is 22.2. The number of Topliss-reactive ketones (excluding diaryl/α,β-unsaturated/α-hetero) is 1. The normalized spacial score (nSPS) is 17.8. The maximum absolute atomic E-state index is 13.8. The maximum atomic E-state index is 13.8. The van der Waals surface area contributed by atoms with Gasteiger partial charge in [-0.1, -0.05) is 0 Å². The Bertz CT molecular complexity index is 3220. The van der Waals surface area contributed by atoms with Crippen LogP contribution < -0.4 is 39.3 Å². The number of carbonyl (C=O) groups is 6. The molecule has 1 radical (unpaired) electrons. The van der Waals surface area contributed by atoms with Crippen LogP contribution in [0.4, 0.5) is 50.2 Å². The number of alkyl halides is 4. The van der Waals surface area contributed by atoms with Crippen molar-refractivity contribution in [1.29, 1.82) is 0 Å². The van der Waals surface area contributed by atoms with Crippen LogP contribution >= 0.6 is 9.90 Å². The van der Waals surface area contributed by atoms with Gasteiger partial charge in [-0.15, -0.1) is 0 Å². The average molecular weight is 1330 g/mol. The van der Waals surface area contributed by atoms with E-state index in [4.69, 9.17) is 18.3 Å². The molecule has 4 saturated carbocycles. The van der Waals surface area contributed by atoms with E-state index >= 15 is 0 Å². The number of pyridine rings is 2. The van der Waals surface area contributed by atoms with Crippen molar-refractivity contribution in [1.82, 2.24) is 39.5 Å². The standard InChI is InChI=1S/C30H36F2N6O5.C29H34F2N6O6.Li.2H2O.H3P.V/c1-17(39)19-7-9-21(10-8-19)38-15-22(25(36-38)26(31)32)34-27(40)23-16-42-28(35-23)20-11-12-33-24(13-20)37(14-18-5-6-18)29(41)43-30(2,3)4;1-29(2,3)43-28(41)36(13-16-4-5-16)22-12-18(10-11-32-22)26-34-21(15-42-26)25(38)33-20-14-37(35-23(20)24(30)31)19-8-6-17(7-9-19)27(39)40;;;;;/h11-13,15-16,18-19,21,26H,5-10,14H2,1-4H3,(H,34,40);10-12,14-17,19,24H,4-9,13H2,1-3H3,(H,33,38)(H,39,40);;2*1H2;1H3;/q;;+1;;;;/p-1. The van der Waals surface area contributed by atoms with Crippen molar-refractivity contribution in [3.63, 3.8) is 0 Å². The number of halogens is 4. The van der Waals surface area contributed by atoms with Crippen molar-refractivity contribution in [2.24, 2.45) is 23.7 Å². The molecule has 0 aliphatic heterocycles. The summed E-state index contributed by atoms with van der Waals surface area (Å²) in [7, 11) is 0. The largest absolute Gasteiger partial charge is 1.00 e. The first-order valence-corrected chi connectivity index (χ1v) is 28.7. The van der Waals surface area contributed by atoms with Crippen LogP contribution in [0.1, 0.15) is 183 Å². The van der Waals surface area contributed by atoms with Gasteiger partial charge in [0.15, 0.2) is 22.8 Å². The van der Waals surface area contributed by atoms with Gasteiger partial charge in [-0.25, -0.2) is 47.1 Å². The Morgan fingerprint density at radius 1 is 0.637 bits per heavy atom. The van der Waals surface area contributed by atoms with Crippen LogP contribution in [0.5, 0.6) is 0 Å². The number of nitrogens with zero attached hydrogens (tertiary/aromatic N) is 10. The van der Waals surface area contributed by atoms with E-state index < -0.39 is 71.3 Å². The van der Waals surface area contributed by atoms with Crippen molar-refractivity contribution in [3.05, 3.63) is 84.4 Å². The molecule has 25 nitrogen and oxygen atoms in total. The van der Waals surface area contributed by atoms with E-state index in [0.717, 1.165) is 38.2 Å². The fraction of sp³-hybridized carbons (Fsp3) is 0.525. The smallest absolute Gasteiger partial charge is 0.870 e. The van der Waals surface area contributed by atoms with Gasteiger partial charge in [-0.2, -0.15) is 20.1 Å². The second kappa shape index (κ2) is 32.5. The summed E-state index contributed by atoms with van der Waals surface area (Å²) in [6.07, 6.45) is 9.53. The fourth-order valence-corrected chi connectivity index (χ4v) is 10.1. The molecule has 1 atom stereocenters. The number of oxazole rings is 2. The molecule has 0 bridgehead atoms. The number of aromatic nitrogens is 8. The van der Waals surface area contributed by atoms with Crippen molar-refractivity contribution < 1.29 is 118 Å². The molecular formula is C59H76F4LiN12O13PV. The minimum Gasteiger partial charge on any atom is -0.870 e. The molecule has 32 heteroatoms. The molecular weight excluding hydrogens is 1250 g/mol. The predicted molar refractivity (Wildman–Crippen MR) is 319 cm³/mol. The van der Waals surface area contributed by atoms with Crippen LogP contribution in [-0.2, 0) is 37.6 Å². The summed E-state index contributed by atoms with van der Waals surface area (Å²) in [4.78, 5) is 95.0. The van der Waals surface area contributed by atoms with Crippen LogP contribution in [0.2, 0.25) is 0 Å². The van der Waals surface area contributed by atoms with Crippen LogP contribution in [0.15, 0.2) is 70.4 Å². The number of carbonyl (C=O) groups excluding carboxylic acids is 5. The Balaban J connectivity index is 0.000000368. The second-order valence-corrected chi connectivity index (χ2v) is 24.2. The minimum absolute atomic E-state index is 0. The van der Waals surface area contributed by atoms with Gasteiger partial charge in [0, 0.05) is 73.5 Å². The molecule has 6 aromatic heterocycles. The number of nitrogens with one attached hydrogen (secondary N) is 2. The fourth-order valence-electron chi connectivity index (χ4n) is 10.1. The van der Waals surface area contributed by atoms with Gasteiger partial charge in [0.1, 0.15) is 41.1 Å². The summed E-state index contributed by atoms with van der Waals surface area (Å²) in [5.74, 6) is -1.13. The van der Waals surface area contributed by atoms with E-state index in [1.165, 1.54) is 44.0 Å². The third-order valence-corrected chi connectivity index (χ3v) is 15.0. The number of amides is 4. The number of carboxylic acids is 1. The summed E-state index contributed by atoms with van der Waals surface area (Å²) in [6.45, 7) is 13.2. The molecule has 489 valence electrons. The number of hydrogen-bond donors (Lipinski definition) is 3. The van der Waals surface area contributed by atoms with E-state index in [0.29, 0.717) is 99.1 Å². The zero-order valence-electron chi connectivity index (χ0n) is 51.9. The van der Waals surface area contributed by atoms with E-state index in [1.807, 2.05) is 0 Å². The zero-order valence-corrected chi connectivity index (χ0v) is 54.7. The number of carboxylic acid groups (broad SMARTS) is 1. The van der Waals surface area contributed by atoms with Crippen LogP contribution in [0.3, 0.4) is 0 Å². The van der Waals surface area contributed by atoms with E-state index in [-0.39, 0.29) is 117 Å². The first-order valence-electron chi connectivity index (χ1n) is 28.7. The molecule has 4 fully saturated rings. The van der Waals surface area contributed by atoms with Crippen molar-refractivity contribution in [2.75, 3.05) is 33.5 Å². The molecule has 4 aliphatic rings. The van der Waals surface area contributed by atoms with Gasteiger partial charge in [0.25, 0.3) is 24.7 Å². The zero-order chi connectivity index (χ0) is 61.8. The van der Waals surface area contributed by atoms with Gasteiger partial charge >= 0.3 is 37.0 Å². The minimum atomic E-state index is -2.95. The molecule has 6 heterocycles. The first kappa shape index (κ1) is 76.5. The number of ether oxygens (including phenoxy) is 2. The number of ketones is 1. The first-order chi connectivity index (χ1) is 40.7. The van der Waals surface area contributed by atoms with E-state index in [2.05, 4.69) is 40.8 Å². The Morgan fingerprint density at radius 3 is 1.32 bits per heavy atom. The molecule has 0 spiro atoms. The number of hydrogen-bond acceptors (Lipinski definition) is 17. The van der Waals surface area contributed by atoms with E-state index in [1.54, 1.807) is 72.7 Å². The van der Waals surface area contributed by atoms with Crippen molar-refractivity contribution >= 4 is 68.7 Å². The summed E-state index contributed by atoms with van der Waals surface area (Å²) in [6, 6.07) is 6.08. The molecule has 0 aromatic carbocycles. The van der Waals surface area contributed by atoms with Gasteiger partial charge in [-0.05, 0) is 162 Å². The average Bonchev–Trinajstić information content (AvgIpc) is 1.95. The Kier molecular flexibility index (Phi) is 27.3. The maximum Gasteiger partial charge on any atom is 1.00 e. The third-order valence-electron chi connectivity index (χ3n) is 15.0. The second-order valence-electron chi connectivity index (χ2n) is 24.2. The summed E-state index contributed by atoms with van der Waals surface area (Å²) >= 11 is 0. The molecule has 4 amide bonds. The Labute approximate surface area is 549 Å². The van der Waals surface area contributed by atoms with Crippen molar-refractivity contribution in [2.45, 2.75) is 162 Å². The van der Waals surface area contributed by atoms with E-state index in [9.17, 15) is 51.4 Å². The molecule has 10 rings (SSSR count). The summed E-state index contributed by atoms with van der Waals surface area (Å²) < 4.78 is 80.4. The molecule has 4 aliphatic carbocycles. The molecule has 91 heavy (non-hydrogen) atoms. The van der Waals surface area contributed by atoms with Crippen LogP contribution in [0, 0.1) is 23.7 Å². The molecule has 6 N–H and O–H groups in total.